The number of ether oxygens (including phenoxy) is 3. The highest BCUT2D eigenvalue weighted by Gasteiger charge is 2.55. The number of carbonyl (C=O) groups excluding carboxylic acids is 1. The Hall–Kier alpha value is -4.76. The molecule has 2 aromatic heterocycles. The molecule has 248 valence electrons. The van der Waals surface area contributed by atoms with Crippen molar-refractivity contribution in [1.29, 1.82) is 0 Å². The molecular weight excluding hydrogens is 633 g/mol. The number of nitrogens with two attached hydrogens (primary N) is 1. The van der Waals surface area contributed by atoms with Gasteiger partial charge < -0.3 is 29.6 Å². The number of aliphatic hydroxyl groups is 1. The molecule has 5 rings (SSSR count). The maximum atomic E-state index is 14.1. The van der Waals surface area contributed by atoms with Gasteiger partial charge in [-0.25, -0.2) is 9.55 Å². The number of aliphatic hydroxyl groups excluding tert-OH is 1. The summed E-state index contributed by atoms with van der Waals surface area (Å²) >= 11 is 0. The van der Waals surface area contributed by atoms with E-state index in [1.807, 2.05) is 18.2 Å². The van der Waals surface area contributed by atoms with Crippen molar-refractivity contribution in [3.8, 4) is 11.6 Å². The lowest BCUT2D eigenvalue weighted by atomic mass is 9.93. The first kappa shape index (κ1) is 33.6. The molecule has 1 saturated heterocycles. The molecule has 0 spiro atoms. The lowest BCUT2D eigenvalue weighted by Gasteiger charge is -2.28. The quantitative estimate of drug-likeness (QED) is 0.0567. The van der Waals surface area contributed by atoms with Crippen molar-refractivity contribution in [2.24, 2.45) is 5.11 Å². The molecule has 0 saturated carbocycles. The highest BCUT2D eigenvalue weighted by Crippen LogP contribution is 2.48. The predicted molar refractivity (Wildman–Crippen MR) is 168 cm³/mol. The van der Waals surface area contributed by atoms with E-state index in [0.717, 1.165) is 5.56 Å². The number of benzene rings is 2. The van der Waals surface area contributed by atoms with Crippen LogP contribution in [-0.4, -0.2) is 67.6 Å². The molecule has 1 aliphatic rings. The van der Waals surface area contributed by atoms with E-state index in [1.54, 1.807) is 49.4 Å². The van der Waals surface area contributed by atoms with E-state index < -0.39 is 50.3 Å². The van der Waals surface area contributed by atoms with Gasteiger partial charge in [0.25, 0.3) is 0 Å². The largest absolute Gasteiger partial charge is 0.476 e. The Morgan fingerprint density at radius 3 is 2.62 bits per heavy atom. The molecule has 1 unspecified atom stereocenters. The van der Waals surface area contributed by atoms with Gasteiger partial charge in [-0.2, -0.15) is 15.1 Å². The summed E-state index contributed by atoms with van der Waals surface area (Å²) in [7, 11) is -4.34. The van der Waals surface area contributed by atoms with Crippen LogP contribution in [0.5, 0.6) is 11.6 Å². The molecule has 4 N–H and O–H groups in total. The highest BCUT2D eigenvalue weighted by molar-refractivity contribution is 7.52. The predicted octanol–water partition coefficient (Wildman–Crippen LogP) is 4.06. The van der Waals surface area contributed by atoms with Crippen molar-refractivity contribution in [2.75, 3.05) is 18.9 Å². The number of anilines is 1. The fourth-order valence-corrected chi connectivity index (χ4v) is 6.43. The van der Waals surface area contributed by atoms with E-state index >= 15 is 0 Å². The van der Waals surface area contributed by atoms with E-state index in [4.69, 9.17) is 29.0 Å². The van der Waals surface area contributed by atoms with Gasteiger partial charge in [0.15, 0.2) is 17.4 Å². The van der Waals surface area contributed by atoms with Crippen molar-refractivity contribution >= 4 is 30.8 Å². The summed E-state index contributed by atoms with van der Waals surface area (Å²) in [6.45, 7) is 4.46. The molecule has 0 amide bonds. The Labute approximate surface area is 269 Å². The minimum Gasteiger partial charge on any atom is -0.476 e. The van der Waals surface area contributed by atoms with Crippen LogP contribution in [0, 0.1) is 0 Å². The Kier molecular flexibility index (Phi) is 10.3. The topological polar surface area (TPSA) is 231 Å². The number of esters is 1. The standard InChI is InChI=1S/C29H34N9O8P/c1-4-42-25-22-24(33-28(30)34-25)38(17-32-22)27-29(3,36-37-31)23(39)21(45-27)16-44-47(41,46-20-13-9-6-10-14-20)35-18(2)26(40)43-15-19-11-7-5-8-12-19/h5-14,17-18,21,23,27,39H,4,15-16H2,1-3H3,(H,35,41)(H2,30,33,34)/t18-,21+,23+,27+,29+,47?/m0/s1. The van der Waals surface area contributed by atoms with Gasteiger partial charge >= 0.3 is 13.7 Å². The van der Waals surface area contributed by atoms with Crippen LogP contribution >= 0.6 is 7.75 Å². The highest BCUT2D eigenvalue weighted by atomic mass is 31.2. The number of fused-ring (bicyclic) bond motifs is 1. The number of imidazole rings is 1. The first-order valence-electron chi connectivity index (χ1n) is 14.6. The van der Waals surface area contributed by atoms with Crippen LogP contribution in [-0.2, 0) is 30.0 Å². The first-order chi connectivity index (χ1) is 22.6. The van der Waals surface area contributed by atoms with E-state index in [9.17, 15) is 20.0 Å². The molecule has 0 radical (unpaired) electrons. The number of nitrogens with one attached hydrogen (secondary N) is 1. The number of hydrogen-bond acceptors (Lipinski definition) is 13. The Balaban J connectivity index is 1.37. The minimum atomic E-state index is -4.34. The average Bonchev–Trinajstić information content (AvgIpc) is 3.57. The molecule has 0 bridgehead atoms. The summed E-state index contributed by atoms with van der Waals surface area (Å²) in [5.41, 5.74) is 14.9. The van der Waals surface area contributed by atoms with Crippen LogP contribution in [0.3, 0.4) is 0 Å². The van der Waals surface area contributed by atoms with E-state index in [2.05, 4.69) is 30.1 Å². The average molecular weight is 668 g/mol. The third kappa shape index (κ3) is 7.46. The van der Waals surface area contributed by atoms with Crippen LogP contribution in [0.25, 0.3) is 21.6 Å². The third-order valence-corrected chi connectivity index (χ3v) is 8.91. The number of nitrogen functional groups attached to an aromatic ring is 1. The molecule has 0 aliphatic carbocycles. The number of nitrogens with zero attached hydrogens (tertiary/aromatic N) is 7. The van der Waals surface area contributed by atoms with Crippen molar-refractivity contribution < 1.29 is 37.7 Å². The van der Waals surface area contributed by atoms with E-state index in [-0.39, 0.29) is 42.0 Å². The molecule has 3 heterocycles. The van der Waals surface area contributed by atoms with Crippen molar-refractivity contribution in [1.82, 2.24) is 24.6 Å². The maximum absolute atomic E-state index is 14.1. The van der Waals surface area contributed by atoms with Crippen molar-refractivity contribution in [3.05, 3.63) is 83.0 Å². The van der Waals surface area contributed by atoms with E-state index in [1.165, 1.54) is 24.7 Å². The van der Waals surface area contributed by atoms with Crippen molar-refractivity contribution in [2.45, 2.75) is 57.4 Å². The molecule has 18 heteroatoms. The molecule has 6 atom stereocenters. The van der Waals surface area contributed by atoms with Gasteiger partial charge in [0.05, 0.1) is 25.6 Å². The molecule has 47 heavy (non-hydrogen) atoms. The van der Waals surface area contributed by atoms with Gasteiger partial charge in [-0.15, -0.1) is 0 Å². The van der Waals surface area contributed by atoms with Crippen LogP contribution in [0.15, 0.2) is 72.1 Å². The number of carbonyl (C=O) groups is 1. The van der Waals surface area contributed by atoms with Crippen LogP contribution < -0.4 is 20.1 Å². The van der Waals surface area contributed by atoms with Gasteiger partial charge in [-0.3, -0.25) is 13.9 Å². The summed E-state index contributed by atoms with van der Waals surface area (Å²) in [6, 6.07) is 16.1. The summed E-state index contributed by atoms with van der Waals surface area (Å²) in [5.74, 6) is -0.487. The molecular formula is C29H34N9O8P. The molecule has 1 fully saturated rings. The molecule has 2 aromatic carbocycles. The van der Waals surface area contributed by atoms with E-state index in [0.29, 0.717) is 0 Å². The monoisotopic (exact) mass is 667 g/mol. The Morgan fingerprint density at radius 1 is 1.23 bits per heavy atom. The molecule has 17 nitrogen and oxygen atoms in total. The maximum Gasteiger partial charge on any atom is 0.459 e. The second-order valence-electron chi connectivity index (χ2n) is 10.7. The summed E-state index contributed by atoms with van der Waals surface area (Å²) in [6.07, 6.45) is -2.51. The number of para-hydroxylation sites is 1. The molecule has 4 aromatic rings. The third-order valence-electron chi connectivity index (χ3n) is 7.26. The van der Waals surface area contributed by atoms with Crippen LogP contribution in [0.2, 0.25) is 0 Å². The Morgan fingerprint density at radius 2 is 1.94 bits per heavy atom. The van der Waals surface area contributed by atoms with Crippen molar-refractivity contribution in [3.63, 3.8) is 0 Å². The summed E-state index contributed by atoms with van der Waals surface area (Å²) < 4.78 is 44.1. The summed E-state index contributed by atoms with van der Waals surface area (Å²) in [4.78, 5) is 28.4. The zero-order chi connectivity index (χ0) is 33.6. The zero-order valence-corrected chi connectivity index (χ0v) is 26.6. The lowest BCUT2D eigenvalue weighted by molar-refractivity contribution is -0.146. The van der Waals surface area contributed by atoms with Gasteiger partial charge in [-0.1, -0.05) is 53.6 Å². The fraction of sp³-hybridized carbons (Fsp3) is 0.379. The second kappa shape index (κ2) is 14.3. The normalized spacial score (nSPS) is 22.6. The minimum absolute atomic E-state index is 0.00342. The smallest absolute Gasteiger partial charge is 0.459 e. The summed E-state index contributed by atoms with van der Waals surface area (Å²) in [5, 5.41) is 17.9. The number of rotatable bonds is 14. The number of aromatic nitrogens is 4. The van der Waals surface area contributed by atoms with Gasteiger partial charge in [-0.05, 0) is 44.0 Å². The number of azide groups is 1. The Bertz CT molecular complexity index is 1790. The van der Waals surface area contributed by atoms with Gasteiger partial charge in [0.2, 0.25) is 11.8 Å². The second-order valence-corrected chi connectivity index (χ2v) is 12.4. The fourth-order valence-electron chi connectivity index (χ4n) is 4.92. The zero-order valence-electron chi connectivity index (χ0n) is 25.7. The lowest BCUT2D eigenvalue weighted by Crippen LogP contribution is -2.43. The number of hydrogen-bond donors (Lipinski definition) is 3. The molecule has 1 aliphatic heterocycles. The SMILES string of the molecule is CCOc1nc(N)nc2c1ncn2[C@@H]1O[C@H](COP(=O)(N[C@@H](C)C(=O)OCc2ccccc2)Oc2ccccc2)[C@@H](O)[C@@]1(C)N=[N+]=[N-]. The van der Waals surface area contributed by atoms with Crippen LogP contribution in [0.4, 0.5) is 5.95 Å². The van der Waals surface area contributed by atoms with Gasteiger partial charge in [0, 0.05) is 4.91 Å². The first-order valence-corrected chi connectivity index (χ1v) is 16.1. The van der Waals surface area contributed by atoms with Gasteiger partial charge in [0.1, 0.15) is 30.0 Å². The van der Waals surface area contributed by atoms with Crippen LogP contribution in [0.1, 0.15) is 32.6 Å².